The molecule has 1 amide bonds. The second-order valence-corrected chi connectivity index (χ2v) is 3.81. The van der Waals surface area contributed by atoms with Crippen LogP contribution in [0.4, 0.5) is 5.69 Å². The normalized spacial score (nSPS) is 17.4. The highest BCUT2D eigenvalue weighted by molar-refractivity contribution is 5.47. The molecule has 0 N–H and O–H groups in total. The molecule has 0 bridgehead atoms. The summed E-state index contributed by atoms with van der Waals surface area (Å²) >= 11 is 0. The monoisotopic (exact) mass is 224 g/mol. The zero-order valence-electron chi connectivity index (χ0n) is 8.65. The Morgan fingerprint density at radius 2 is 2.19 bits per heavy atom. The average Bonchev–Trinajstić information content (AvgIpc) is 2.78. The number of amides is 1. The number of hydrogen-bond donors (Lipinski definition) is 0. The van der Waals surface area contributed by atoms with Gasteiger partial charge in [-0.2, -0.15) is 5.10 Å². The van der Waals surface area contributed by atoms with Crippen LogP contribution < -0.4 is 0 Å². The van der Waals surface area contributed by atoms with Crippen molar-refractivity contribution in [3.8, 4) is 0 Å². The quantitative estimate of drug-likeness (QED) is 0.427. The van der Waals surface area contributed by atoms with E-state index in [4.69, 9.17) is 0 Å². The predicted octanol–water partition coefficient (Wildman–Crippen LogP) is 0.585. The fourth-order valence-electron chi connectivity index (χ4n) is 1.88. The lowest BCUT2D eigenvalue weighted by Crippen LogP contribution is -2.33. The summed E-state index contributed by atoms with van der Waals surface area (Å²) in [5.41, 5.74) is 0.0119. The predicted molar refractivity (Wildman–Crippen MR) is 54.8 cm³/mol. The number of piperidine rings is 1. The maximum absolute atomic E-state index is 10.5. The van der Waals surface area contributed by atoms with Gasteiger partial charge < -0.3 is 4.90 Å². The molecule has 2 heterocycles. The largest absolute Gasteiger partial charge is 0.345 e. The Labute approximate surface area is 91.8 Å². The van der Waals surface area contributed by atoms with E-state index < -0.39 is 4.92 Å². The first-order valence-corrected chi connectivity index (χ1v) is 5.08. The Kier molecular flexibility index (Phi) is 2.84. The van der Waals surface area contributed by atoms with Crippen LogP contribution in [0.2, 0.25) is 0 Å². The highest BCUT2D eigenvalue weighted by Gasteiger charge is 2.21. The van der Waals surface area contributed by atoms with Gasteiger partial charge in [-0.1, -0.05) is 0 Å². The average molecular weight is 224 g/mol. The number of nitro groups is 1. The van der Waals surface area contributed by atoms with E-state index in [2.05, 4.69) is 5.10 Å². The van der Waals surface area contributed by atoms with Crippen molar-refractivity contribution in [3.05, 3.63) is 22.5 Å². The molecule has 7 heteroatoms. The van der Waals surface area contributed by atoms with Gasteiger partial charge in [0.25, 0.3) is 0 Å². The maximum Gasteiger partial charge on any atom is 0.307 e. The van der Waals surface area contributed by atoms with E-state index in [1.165, 1.54) is 12.4 Å². The van der Waals surface area contributed by atoms with Gasteiger partial charge in [-0.3, -0.25) is 19.6 Å². The van der Waals surface area contributed by atoms with Crippen molar-refractivity contribution in [1.29, 1.82) is 0 Å². The van der Waals surface area contributed by atoms with Crippen LogP contribution in [0.15, 0.2) is 12.4 Å². The molecule has 7 nitrogen and oxygen atoms in total. The lowest BCUT2D eigenvalue weighted by Gasteiger charge is -2.28. The number of carbonyl (C=O) groups is 1. The van der Waals surface area contributed by atoms with Crippen molar-refractivity contribution in [2.24, 2.45) is 0 Å². The first-order valence-electron chi connectivity index (χ1n) is 5.08. The number of rotatable bonds is 3. The van der Waals surface area contributed by atoms with E-state index in [1.807, 2.05) is 0 Å². The van der Waals surface area contributed by atoms with Gasteiger partial charge >= 0.3 is 5.69 Å². The molecular formula is C9H12N4O3. The Hall–Kier alpha value is -1.92. The Balaban J connectivity index is 2.02. The SMILES string of the molecule is O=CN1CCC(n2cc([N+](=O)[O-])cn2)CC1. The number of aromatic nitrogens is 2. The summed E-state index contributed by atoms with van der Waals surface area (Å²) < 4.78 is 1.63. The second kappa shape index (κ2) is 4.30. The zero-order valence-corrected chi connectivity index (χ0v) is 8.65. The van der Waals surface area contributed by atoms with Crippen LogP contribution in [0.25, 0.3) is 0 Å². The molecule has 2 rings (SSSR count). The molecule has 0 atom stereocenters. The lowest BCUT2D eigenvalue weighted by molar-refractivity contribution is -0.385. The van der Waals surface area contributed by atoms with Gasteiger partial charge in [0.1, 0.15) is 12.4 Å². The molecule has 0 unspecified atom stereocenters. The molecule has 0 radical (unpaired) electrons. The van der Waals surface area contributed by atoms with Crippen LogP contribution in [0.5, 0.6) is 0 Å². The van der Waals surface area contributed by atoms with Crippen LogP contribution in [0.1, 0.15) is 18.9 Å². The highest BCUT2D eigenvalue weighted by atomic mass is 16.6. The Bertz CT molecular complexity index is 395. The first kappa shape index (κ1) is 10.6. The van der Waals surface area contributed by atoms with Crippen molar-refractivity contribution in [2.45, 2.75) is 18.9 Å². The summed E-state index contributed by atoms with van der Waals surface area (Å²) in [4.78, 5) is 22.3. The zero-order chi connectivity index (χ0) is 11.5. The third-order valence-corrected chi connectivity index (χ3v) is 2.82. The van der Waals surface area contributed by atoms with Gasteiger partial charge in [0.05, 0.1) is 11.0 Å². The third-order valence-electron chi connectivity index (χ3n) is 2.82. The molecule has 0 aliphatic carbocycles. The fraction of sp³-hybridized carbons (Fsp3) is 0.556. The van der Waals surface area contributed by atoms with Crippen LogP contribution in [0, 0.1) is 10.1 Å². The number of carbonyl (C=O) groups excluding carboxylic acids is 1. The van der Waals surface area contributed by atoms with Gasteiger partial charge in [0.2, 0.25) is 6.41 Å². The van der Waals surface area contributed by atoms with E-state index in [1.54, 1.807) is 9.58 Å². The molecule has 1 fully saturated rings. The van der Waals surface area contributed by atoms with Crippen LogP contribution in [0.3, 0.4) is 0 Å². The summed E-state index contributed by atoms with van der Waals surface area (Å²) in [5, 5.41) is 14.5. The summed E-state index contributed by atoms with van der Waals surface area (Å²) in [6, 6.07) is 0.157. The minimum atomic E-state index is -0.454. The fourth-order valence-corrected chi connectivity index (χ4v) is 1.88. The molecule has 1 aromatic rings. The second-order valence-electron chi connectivity index (χ2n) is 3.81. The lowest BCUT2D eigenvalue weighted by atomic mass is 10.1. The van der Waals surface area contributed by atoms with Crippen molar-refractivity contribution in [1.82, 2.24) is 14.7 Å². The Morgan fingerprint density at radius 1 is 1.50 bits per heavy atom. The van der Waals surface area contributed by atoms with Gasteiger partial charge in [0.15, 0.2) is 0 Å². The summed E-state index contributed by atoms with van der Waals surface area (Å²) in [5.74, 6) is 0. The van der Waals surface area contributed by atoms with Crippen LogP contribution in [-0.2, 0) is 4.79 Å². The molecule has 16 heavy (non-hydrogen) atoms. The highest BCUT2D eigenvalue weighted by Crippen LogP contribution is 2.22. The summed E-state index contributed by atoms with van der Waals surface area (Å²) in [6.07, 6.45) is 5.12. The smallest absolute Gasteiger partial charge is 0.307 e. The minimum Gasteiger partial charge on any atom is -0.345 e. The number of hydrogen-bond acceptors (Lipinski definition) is 4. The standard InChI is InChI=1S/C9H12N4O3/c14-7-11-3-1-8(2-4-11)12-6-9(5-10-12)13(15)16/h5-8H,1-4H2. The first-order chi connectivity index (χ1) is 7.70. The summed E-state index contributed by atoms with van der Waals surface area (Å²) in [6.45, 7) is 1.36. The van der Waals surface area contributed by atoms with E-state index in [-0.39, 0.29) is 11.7 Å². The molecule has 1 saturated heterocycles. The van der Waals surface area contributed by atoms with Gasteiger partial charge in [0, 0.05) is 13.1 Å². The molecule has 1 aliphatic rings. The van der Waals surface area contributed by atoms with Crippen LogP contribution in [-0.4, -0.2) is 39.1 Å². The van der Waals surface area contributed by atoms with E-state index in [0.29, 0.717) is 13.1 Å². The van der Waals surface area contributed by atoms with Gasteiger partial charge in [-0.25, -0.2) is 0 Å². The molecule has 0 spiro atoms. The van der Waals surface area contributed by atoms with Gasteiger partial charge in [-0.15, -0.1) is 0 Å². The number of nitrogens with zero attached hydrogens (tertiary/aromatic N) is 4. The molecule has 1 aromatic heterocycles. The van der Waals surface area contributed by atoms with Crippen molar-refractivity contribution >= 4 is 12.1 Å². The Morgan fingerprint density at radius 3 is 2.69 bits per heavy atom. The van der Waals surface area contributed by atoms with Gasteiger partial charge in [-0.05, 0) is 12.8 Å². The number of likely N-dealkylation sites (tertiary alicyclic amines) is 1. The van der Waals surface area contributed by atoms with Crippen LogP contribution >= 0.6 is 0 Å². The van der Waals surface area contributed by atoms with E-state index in [9.17, 15) is 14.9 Å². The van der Waals surface area contributed by atoms with Crippen molar-refractivity contribution < 1.29 is 9.72 Å². The van der Waals surface area contributed by atoms with Crippen molar-refractivity contribution in [3.63, 3.8) is 0 Å². The van der Waals surface area contributed by atoms with E-state index >= 15 is 0 Å². The molecule has 0 aromatic carbocycles. The minimum absolute atomic E-state index is 0.0119. The molecule has 1 aliphatic heterocycles. The molecule has 86 valence electrons. The third kappa shape index (κ3) is 2.02. The molecular weight excluding hydrogens is 212 g/mol. The summed E-state index contributed by atoms with van der Waals surface area (Å²) in [7, 11) is 0. The topological polar surface area (TPSA) is 81.3 Å². The van der Waals surface area contributed by atoms with E-state index in [0.717, 1.165) is 19.3 Å². The maximum atomic E-state index is 10.5. The molecule has 0 saturated carbocycles. The van der Waals surface area contributed by atoms with Crippen molar-refractivity contribution in [2.75, 3.05) is 13.1 Å².